The van der Waals surface area contributed by atoms with E-state index in [4.69, 9.17) is 14.2 Å². The van der Waals surface area contributed by atoms with E-state index in [1.165, 1.54) is 37.4 Å². The smallest absolute Gasteiger partial charge is 0.317 e. The zero-order valence-corrected chi connectivity index (χ0v) is 32.6. The second kappa shape index (κ2) is 16.9. The van der Waals surface area contributed by atoms with Gasteiger partial charge in [-0.2, -0.15) is 0 Å². The highest BCUT2D eigenvalue weighted by Gasteiger charge is 2.54. The Kier molecular flexibility index (Phi) is 11.7. The molecular weight excluding hydrogens is 792 g/mol. The lowest BCUT2D eigenvalue weighted by atomic mass is 10.0. The van der Waals surface area contributed by atoms with Gasteiger partial charge in [-0.25, -0.2) is 37.5 Å². The molecule has 2 aliphatic carbocycles. The van der Waals surface area contributed by atoms with E-state index in [1.807, 2.05) is 13.1 Å². The van der Waals surface area contributed by atoms with Crippen molar-refractivity contribution in [2.45, 2.75) is 63.2 Å². The lowest BCUT2D eigenvalue weighted by molar-refractivity contribution is -0.143. The number of carbonyl (C=O) groups is 3. The van der Waals surface area contributed by atoms with E-state index < -0.39 is 41.5 Å². The number of carbonyl (C=O) groups excluding carboxylic acids is 3. The van der Waals surface area contributed by atoms with Gasteiger partial charge in [-0.3, -0.25) is 14.4 Å². The van der Waals surface area contributed by atoms with Crippen molar-refractivity contribution >= 4 is 40.5 Å². The van der Waals surface area contributed by atoms with Gasteiger partial charge in [-0.15, -0.1) is 0 Å². The Bertz CT molecular complexity index is 2570. The van der Waals surface area contributed by atoms with Gasteiger partial charge in [-0.1, -0.05) is 12.1 Å². The summed E-state index contributed by atoms with van der Waals surface area (Å²) in [5.74, 6) is -0.851. The molecule has 0 saturated heterocycles. The van der Waals surface area contributed by atoms with Gasteiger partial charge in [0.05, 0.1) is 38.3 Å². The summed E-state index contributed by atoms with van der Waals surface area (Å²) in [4.78, 5) is 53.9. The number of methoxy groups -OCH3 is 1. The molecule has 60 heavy (non-hydrogen) atoms. The number of aliphatic hydroxyl groups excluding tert-OH is 1. The molecule has 19 heteroatoms. The van der Waals surface area contributed by atoms with Crippen LogP contribution in [0, 0.1) is 0 Å². The fourth-order valence-corrected chi connectivity index (χ4v) is 6.56. The second-order valence-electron chi connectivity index (χ2n) is 14.2. The number of aromatic nitrogens is 6. The van der Waals surface area contributed by atoms with Gasteiger partial charge in [0.1, 0.15) is 62.4 Å². The van der Waals surface area contributed by atoms with Crippen LogP contribution in [0.3, 0.4) is 0 Å². The number of aliphatic hydroxyl groups is 1. The minimum Gasteiger partial charge on any atom is -0.491 e. The molecule has 0 unspecified atom stereocenters. The first-order chi connectivity index (χ1) is 28.8. The molecule has 2 fully saturated rings. The highest BCUT2D eigenvalue weighted by atomic mass is 19.3. The molecule has 6 aromatic rings. The quantitative estimate of drug-likeness (QED) is 0.0770. The van der Waals surface area contributed by atoms with Crippen LogP contribution in [0.15, 0.2) is 73.3 Å². The van der Waals surface area contributed by atoms with E-state index in [0.717, 1.165) is 24.6 Å². The first-order valence-corrected chi connectivity index (χ1v) is 19.0. The maximum Gasteiger partial charge on any atom is 0.317 e. The number of pyridine rings is 4. The maximum atomic E-state index is 12.9. The SMILES string of the molecule is CCOc1cc2nc(C3(C(=O)OC)CC3)cn2cc1NC(=O)c1cccc(C(F)F)n1.CCOc1cc2nc(C3(CO)CC3)cn2cc1NC(=O)c1cccc(C(F)F)n1. The fraction of sp³-hybridized carbons (Fsp3) is 0.341. The fourth-order valence-electron chi connectivity index (χ4n) is 6.56. The summed E-state index contributed by atoms with van der Waals surface area (Å²) < 4.78 is 71.1. The molecule has 0 atom stereocenters. The average Bonchev–Trinajstić information content (AvgIpc) is 4.16. The van der Waals surface area contributed by atoms with Crippen molar-refractivity contribution in [3.63, 3.8) is 0 Å². The van der Waals surface area contributed by atoms with Crippen LogP contribution in [-0.4, -0.2) is 78.6 Å². The van der Waals surface area contributed by atoms with Gasteiger partial charge in [-0.05, 0) is 63.8 Å². The first-order valence-electron chi connectivity index (χ1n) is 19.0. The predicted molar refractivity (Wildman–Crippen MR) is 208 cm³/mol. The molecule has 3 N–H and O–H groups in total. The van der Waals surface area contributed by atoms with Crippen LogP contribution in [0.5, 0.6) is 11.5 Å². The highest BCUT2D eigenvalue weighted by molar-refractivity contribution is 6.04. The molecule has 2 saturated carbocycles. The number of fused-ring (bicyclic) bond motifs is 2. The van der Waals surface area contributed by atoms with Gasteiger partial charge >= 0.3 is 5.97 Å². The average molecular weight is 833 g/mol. The molecule has 314 valence electrons. The minimum atomic E-state index is -2.78. The molecule has 6 heterocycles. The van der Waals surface area contributed by atoms with Crippen LogP contribution in [0.2, 0.25) is 0 Å². The number of hydrogen-bond acceptors (Lipinski definition) is 11. The van der Waals surface area contributed by atoms with Crippen LogP contribution >= 0.6 is 0 Å². The normalized spacial score (nSPS) is 14.7. The third kappa shape index (κ3) is 8.43. The Morgan fingerprint density at radius 3 is 1.58 bits per heavy atom. The largest absolute Gasteiger partial charge is 0.491 e. The summed E-state index contributed by atoms with van der Waals surface area (Å²) >= 11 is 0. The Hall–Kier alpha value is -6.63. The molecule has 2 aliphatic rings. The van der Waals surface area contributed by atoms with Crippen molar-refractivity contribution in [1.82, 2.24) is 28.7 Å². The number of nitrogens with zero attached hydrogens (tertiary/aromatic N) is 6. The molecule has 8 rings (SSSR count). The monoisotopic (exact) mass is 832 g/mol. The zero-order chi connectivity index (χ0) is 42.8. The van der Waals surface area contributed by atoms with Crippen LogP contribution in [0.25, 0.3) is 11.3 Å². The van der Waals surface area contributed by atoms with Crippen LogP contribution in [0.1, 0.15) is 96.1 Å². The molecule has 15 nitrogen and oxygen atoms in total. The van der Waals surface area contributed by atoms with E-state index in [1.54, 1.807) is 46.4 Å². The van der Waals surface area contributed by atoms with Crippen LogP contribution in [-0.2, 0) is 20.4 Å². The van der Waals surface area contributed by atoms with E-state index in [-0.39, 0.29) is 29.4 Å². The summed E-state index contributed by atoms with van der Waals surface area (Å²) in [6.45, 7) is 4.33. The Morgan fingerprint density at radius 2 is 1.18 bits per heavy atom. The van der Waals surface area contributed by atoms with Crippen molar-refractivity contribution in [3.8, 4) is 11.5 Å². The molecule has 0 bridgehead atoms. The summed E-state index contributed by atoms with van der Waals surface area (Å²) in [5.41, 5.74) is 0.972. The number of esters is 1. The number of ether oxygens (including phenoxy) is 3. The first kappa shape index (κ1) is 41.5. The lowest BCUT2D eigenvalue weighted by Gasteiger charge is -2.12. The number of anilines is 2. The summed E-state index contributed by atoms with van der Waals surface area (Å²) in [7, 11) is 1.34. The van der Waals surface area contributed by atoms with E-state index in [2.05, 4.69) is 30.6 Å². The highest BCUT2D eigenvalue weighted by Crippen LogP contribution is 2.49. The lowest BCUT2D eigenvalue weighted by Crippen LogP contribution is -2.22. The van der Waals surface area contributed by atoms with Gasteiger partial charge in [0.25, 0.3) is 24.7 Å². The van der Waals surface area contributed by atoms with Crippen molar-refractivity contribution in [2.24, 2.45) is 0 Å². The number of amides is 2. The number of hydrogen-bond donors (Lipinski definition) is 3. The van der Waals surface area contributed by atoms with Crippen LogP contribution < -0.4 is 20.1 Å². The van der Waals surface area contributed by atoms with Crippen molar-refractivity contribution in [2.75, 3.05) is 37.6 Å². The third-order valence-electron chi connectivity index (χ3n) is 10.2. The van der Waals surface area contributed by atoms with E-state index in [0.29, 0.717) is 65.9 Å². The van der Waals surface area contributed by atoms with Crippen molar-refractivity contribution < 1.29 is 51.3 Å². The summed E-state index contributed by atoms with van der Waals surface area (Å²) in [6, 6.07) is 11.1. The minimum absolute atomic E-state index is 0.0327. The predicted octanol–water partition coefficient (Wildman–Crippen LogP) is 6.86. The summed E-state index contributed by atoms with van der Waals surface area (Å²) in [6.07, 6.45) is 4.29. The second-order valence-corrected chi connectivity index (χ2v) is 14.2. The number of rotatable bonds is 14. The van der Waals surface area contributed by atoms with E-state index in [9.17, 15) is 37.1 Å². The topological polar surface area (TPSA) is 184 Å². The van der Waals surface area contributed by atoms with Crippen LogP contribution in [0.4, 0.5) is 28.9 Å². The molecular formula is C41H40F4N8O7. The number of nitrogens with one attached hydrogen (secondary N) is 2. The Balaban J connectivity index is 0.000000182. The van der Waals surface area contributed by atoms with Gasteiger partial charge in [0, 0.05) is 42.3 Å². The number of halogens is 4. The van der Waals surface area contributed by atoms with Crippen molar-refractivity contribution in [1.29, 1.82) is 0 Å². The molecule has 2 amide bonds. The molecule has 0 radical (unpaired) electrons. The summed E-state index contributed by atoms with van der Waals surface area (Å²) in [5, 5.41) is 15.0. The zero-order valence-electron chi connectivity index (χ0n) is 32.6. The van der Waals surface area contributed by atoms with Gasteiger partial charge in [0.2, 0.25) is 0 Å². The van der Waals surface area contributed by atoms with Gasteiger partial charge < -0.3 is 38.8 Å². The Labute approximate surface area is 339 Å². The molecule has 0 spiro atoms. The van der Waals surface area contributed by atoms with E-state index >= 15 is 0 Å². The molecule has 0 aliphatic heterocycles. The molecule has 6 aromatic heterocycles. The maximum absolute atomic E-state index is 12.9. The number of imidazole rings is 2. The number of alkyl halides is 4. The Morgan fingerprint density at radius 1 is 0.717 bits per heavy atom. The van der Waals surface area contributed by atoms with Gasteiger partial charge in [0.15, 0.2) is 0 Å². The third-order valence-corrected chi connectivity index (χ3v) is 10.2. The molecule has 0 aromatic carbocycles. The van der Waals surface area contributed by atoms with Crippen molar-refractivity contribution in [3.05, 3.63) is 107 Å². The standard InChI is InChI=1S/C21H20F2N4O4.C20H20F2N4O3/c1-3-31-15-9-17-26-16(21(7-8-21)20(29)30-2)11-27(17)10-14(15)25-19(28)13-6-4-5-12(24-13)18(22)23;1-2-29-15-8-17-25-16(20(11-27)6-7-20)10-26(17)9-14(15)24-19(28)13-5-3-4-12(23-13)18(21)22/h4-6,9-11,18H,3,7-8H2,1-2H3,(H,25,28);3-5,8-10,18,27H,2,6-7,11H2,1H3,(H,24,28).